The highest BCUT2D eigenvalue weighted by Gasteiger charge is 2.03. The first kappa shape index (κ1) is 23.3. The fourth-order valence-electron chi connectivity index (χ4n) is 3.82. The summed E-state index contributed by atoms with van der Waals surface area (Å²) in [7, 11) is 0. The molecule has 0 heteroatoms. The second kappa shape index (κ2) is 16.4. The standard InChI is InChI=1S/C26H45/c1-4-7-10-12-14-16-19-25-21-24(18-9-6-3)22-26(23-25)20-17-15-13-11-8-5-2/h21-23H,3-20H2,1-2H3. The third-order valence-corrected chi connectivity index (χ3v) is 5.47. The molecule has 149 valence electrons. The zero-order valence-electron chi connectivity index (χ0n) is 18.0. The third-order valence-electron chi connectivity index (χ3n) is 5.47. The Hall–Kier alpha value is -0.780. The molecular formula is C26H45. The molecule has 0 aliphatic heterocycles. The molecule has 0 saturated carbocycles. The van der Waals surface area contributed by atoms with Crippen LogP contribution in [0.15, 0.2) is 18.2 Å². The van der Waals surface area contributed by atoms with Gasteiger partial charge in [0.2, 0.25) is 0 Å². The molecule has 1 aromatic rings. The van der Waals surface area contributed by atoms with E-state index >= 15 is 0 Å². The van der Waals surface area contributed by atoms with Gasteiger partial charge in [0.05, 0.1) is 0 Å². The summed E-state index contributed by atoms with van der Waals surface area (Å²) in [5.74, 6) is 0. The highest BCUT2D eigenvalue weighted by Crippen LogP contribution is 2.18. The highest BCUT2D eigenvalue weighted by molar-refractivity contribution is 5.30. The summed E-state index contributed by atoms with van der Waals surface area (Å²) >= 11 is 0. The van der Waals surface area contributed by atoms with Gasteiger partial charge < -0.3 is 0 Å². The van der Waals surface area contributed by atoms with Crippen LogP contribution in [-0.4, -0.2) is 0 Å². The normalized spacial score (nSPS) is 11.2. The van der Waals surface area contributed by atoms with E-state index in [-0.39, 0.29) is 0 Å². The van der Waals surface area contributed by atoms with Gasteiger partial charge in [-0.2, -0.15) is 0 Å². The zero-order valence-corrected chi connectivity index (χ0v) is 18.0. The predicted octanol–water partition coefficient (Wildman–Crippen LogP) is 8.65. The lowest BCUT2D eigenvalue weighted by molar-refractivity contribution is 0.604. The van der Waals surface area contributed by atoms with Gasteiger partial charge in [-0.3, -0.25) is 0 Å². The maximum Gasteiger partial charge on any atom is -0.0279 e. The van der Waals surface area contributed by atoms with E-state index in [2.05, 4.69) is 39.0 Å². The molecule has 1 rings (SSSR count). The maximum absolute atomic E-state index is 4.02. The third kappa shape index (κ3) is 11.8. The lowest BCUT2D eigenvalue weighted by Crippen LogP contribution is -1.96. The van der Waals surface area contributed by atoms with E-state index in [0.29, 0.717) is 0 Å². The molecule has 0 bridgehead atoms. The van der Waals surface area contributed by atoms with Crippen LogP contribution in [0.3, 0.4) is 0 Å². The second-order valence-electron chi connectivity index (χ2n) is 8.15. The highest BCUT2D eigenvalue weighted by atomic mass is 14.1. The second-order valence-corrected chi connectivity index (χ2v) is 8.15. The Morgan fingerprint density at radius 1 is 0.500 bits per heavy atom. The van der Waals surface area contributed by atoms with Crippen molar-refractivity contribution in [3.05, 3.63) is 41.8 Å². The summed E-state index contributed by atoms with van der Waals surface area (Å²) in [6.07, 6.45) is 22.7. The van der Waals surface area contributed by atoms with E-state index in [4.69, 9.17) is 0 Å². The van der Waals surface area contributed by atoms with Crippen LogP contribution in [0.2, 0.25) is 0 Å². The molecule has 1 radical (unpaired) electrons. The summed E-state index contributed by atoms with van der Waals surface area (Å²) in [5, 5.41) is 0. The number of unbranched alkanes of at least 4 members (excludes halogenated alkanes) is 11. The average molecular weight is 358 g/mol. The summed E-state index contributed by atoms with van der Waals surface area (Å²) in [4.78, 5) is 0. The number of hydrogen-bond donors (Lipinski definition) is 0. The average Bonchev–Trinajstić information content (AvgIpc) is 2.65. The largest absolute Gasteiger partial charge is 0.0654 e. The number of benzene rings is 1. The SMILES string of the molecule is [CH2]CCCc1cc(CCCCCCCC)cc(CCCCCCCC)c1. The van der Waals surface area contributed by atoms with E-state index in [1.54, 1.807) is 16.7 Å². The molecule has 1 aromatic carbocycles. The number of hydrogen-bond acceptors (Lipinski definition) is 0. The predicted molar refractivity (Wildman–Crippen MR) is 119 cm³/mol. The van der Waals surface area contributed by atoms with Crippen LogP contribution in [0.4, 0.5) is 0 Å². The molecule has 0 unspecified atom stereocenters. The van der Waals surface area contributed by atoms with Crippen molar-refractivity contribution in [1.82, 2.24) is 0 Å². The molecule has 0 atom stereocenters. The molecule has 0 heterocycles. The molecule has 0 nitrogen and oxygen atoms in total. The first-order valence-electron chi connectivity index (χ1n) is 11.7. The minimum atomic E-state index is 1.05. The first-order chi connectivity index (χ1) is 12.8. The van der Waals surface area contributed by atoms with Crippen molar-refractivity contribution in [2.24, 2.45) is 0 Å². The van der Waals surface area contributed by atoms with E-state index in [9.17, 15) is 0 Å². The lowest BCUT2D eigenvalue weighted by atomic mass is 9.95. The van der Waals surface area contributed by atoms with Crippen LogP contribution in [0.25, 0.3) is 0 Å². The van der Waals surface area contributed by atoms with Crippen LogP contribution in [0.5, 0.6) is 0 Å². The molecule has 0 fully saturated rings. The Morgan fingerprint density at radius 2 is 0.846 bits per heavy atom. The van der Waals surface area contributed by atoms with Crippen molar-refractivity contribution in [3.8, 4) is 0 Å². The van der Waals surface area contributed by atoms with Gasteiger partial charge in [0.15, 0.2) is 0 Å². The summed E-state index contributed by atoms with van der Waals surface area (Å²) in [5.41, 5.74) is 4.73. The molecule has 0 saturated heterocycles. The fourth-order valence-corrected chi connectivity index (χ4v) is 3.82. The van der Waals surface area contributed by atoms with E-state index in [1.807, 2.05) is 0 Å². The van der Waals surface area contributed by atoms with Crippen molar-refractivity contribution < 1.29 is 0 Å². The molecule has 26 heavy (non-hydrogen) atoms. The van der Waals surface area contributed by atoms with Gasteiger partial charge in [0.25, 0.3) is 0 Å². The molecule has 0 spiro atoms. The van der Waals surface area contributed by atoms with E-state index in [0.717, 1.165) is 6.42 Å². The molecule has 0 aliphatic carbocycles. The smallest absolute Gasteiger partial charge is 0.0279 e. The Bertz CT molecular complexity index is 397. The Balaban J connectivity index is 2.45. The number of aryl methyl sites for hydroxylation is 3. The summed E-state index contributed by atoms with van der Waals surface area (Å²) in [6, 6.07) is 7.46. The van der Waals surface area contributed by atoms with E-state index < -0.39 is 0 Å². The molecular weight excluding hydrogens is 312 g/mol. The van der Waals surface area contributed by atoms with Crippen LogP contribution in [0, 0.1) is 6.92 Å². The quantitative estimate of drug-likeness (QED) is 0.245. The van der Waals surface area contributed by atoms with E-state index in [1.165, 1.54) is 103 Å². The van der Waals surface area contributed by atoms with Gasteiger partial charge in [-0.1, -0.05) is 110 Å². The van der Waals surface area contributed by atoms with Gasteiger partial charge in [0.1, 0.15) is 0 Å². The van der Waals surface area contributed by atoms with Gasteiger partial charge in [-0.05, 0) is 55.2 Å². The summed E-state index contributed by atoms with van der Waals surface area (Å²) < 4.78 is 0. The van der Waals surface area contributed by atoms with Crippen molar-refractivity contribution >= 4 is 0 Å². The maximum atomic E-state index is 4.02. The van der Waals surface area contributed by atoms with Crippen LogP contribution in [-0.2, 0) is 19.3 Å². The lowest BCUT2D eigenvalue weighted by Gasteiger charge is -2.10. The zero-order chi connectivity index (χ0) is 18.9. The van der Waals surface area contributed by atoms with Gasteiger partial charge in [0, 0.05) is 0 Å². The molecule has 0 aromatic heterocycles. The van der Waals surface area contributed by atoms with Gasteiger partial charge in [-0.25, -0.2) is 0 Å². The fraction of sp³-hybridized carbons (Fsp3) is 0.731. The van der Waals surface area contributed by atoms with Crippen molar-refractivity contribution in [2.75, 3.05) is 0 Å². The first-order valence-corrected chi connectivity index (χ1v) is 11.7. The van der Waals surface area contributed by atoms with Gasteiger partial charge >= 0.3 is 0 Å². The van der Waals surface area contributed by atoms with Crippen LogP contribution < -0.4 is 0 Å². The van der Waals surface area contributed by atoms with Crippen molar-refractivity contribution in [1.29, 1.82) is 0 Å². The van der Waals surface area contributed by atoms with Gasteiger partial charge in [-0.15, -0.1) is 0 Å². The molecule has 0 amide bonds. The molecule has 0 aliphatic rings. The molecule has 0 N–H and O–H groups in total. The Morgan fingerprint density at radius 3 is 1.23 bits per heavy atom. The topological polar surface area (TPSA) is 0 Å². The number of rotatable bonds is 17. The summed E-state index contributed by atoms with van der Waals surface area (Å²) in [6.45, 7) is 8.60. The minimum absolute atomic E-state index is 1.05. The monoisotopic (exact) mass is 357 g/mol. The van der Waals surface area contributed by atoms with Crippen LogP contribution >= 0.6 is 0 Å². The minimum Gasteiger partial charge on any atom is -0.0654 e. The van der Waals surface area contributed by atoms with Crippen molar-refractivity contribution in [3.63, 3.8) is 0 Å². The Labute approximate surface area is 165 Å². The van der Waals surface area contributed by atoms with Crippen LogP contribution in [0.1, 0.15) is 120 Å². The Kier molecular flexibility index (Phi) is 14.7. The van der Waals surface area contributed by atoms with Crippen molar-refractivity contribution in [2.45, 2.75) is 123 Å².